The summed E-state index contributed by atoms with van der Waals surface area (Å²) in [6.45, 7) is 0. The topological polar surface area (TPSA) is 38.3 Å². The third-order valence-electron chi connectivity index (χ3n) is 4.39. The van der Waals surface area contributed by atoms with Gasteiger partial charge in [0.25, 0.3) is 0 Å². The largest absolute Gasteiger partial charge is 0.497 e. The summed E-state index contributed by atoms with van der Waals surface area (Å²) >= 11 is 0. The average Bonchev–Trinajstić information content (AvgIpc) is 3.10. The van der Waals surface area contributed by atoms with Crippen molar-refractivity contribution in [2.24, 2.45) is 17.8 Å². The van der Waals surface area contributed by atoms with Crippen molar-refractivity contribution in [2.45, 2.75) is 25.7 Å². The highest BCUT2D eigenvalue weighted by atomic mass is 16.5. The van der Waals surface area contributed by atoms with Gasteiger partial charge in [-0.05, 0) is 43.2 Å². The number of anilines is 1. The Morgan fingerprint density at radius 2 is 2.25 bits per heavy atom. The predicted molar refractivity (Wildman–Crippen MR) is 79.7 cm³/mol. The molecule has 0 spiro atoms. The molecule has 0 saturated heterocycles. The summed E-state index contributed by atoms with van der Waals surface area (Å²) in [4.78, 5) is 12.4. The van der Waals surface area contributed by atoms with Gasteiger partial charge in [0.1, 0.15) is 5.75 Å². The fourth-order valence-electron chi connectivity index (χ4n) is 3.23. The zero-order valence-corrected chi connectivity index (χ0v) is 11.8. The first-order valence-electron chi connectivity index (χ1n) is 7.41. The first kappa shape index (κ1) is 13.2. The van der Waals surface area contributed by atoms with Crippen LogP contribution in [0.15, 0.2) is 36.4 Å². The fraction of sp³-hybridized carbons (Fsp3) is 0.471. The van der Waals surface area contributed by atoms with Crippen LogP contribution < -0.4 is 10.1 Å². The van der Waals surface area contributed by atoms with Gasteiger partial charge in [-0.2, -0.15) is 0 Å². The number of carbonyl (C=O) groups excluding carboxylic acids is 1. The van der Waals surface area contributed by atoms with Crippen LogP contribution in [-0.2, 0) is 4.79 Å². The van der Waals surface area contributed by atoms with E-state index >= 15 is 0 Å². The third kappa shape index (κ3) is 2.72. The Kier molecular flexibility index (Phi) is 3.77. The predicted octanol–water partition coefficient (Wildman–Crippen LogP) is 3.63. The fourth-order valence-corrected chi connectivity index (χ4v) is 3.23. The second kappa shape index (κ2) is 5.70. The van der Waals surface area contributed by atoms with Gasteiger partial charge in [-0.1, -0.05) is 24.6 Å². The molecule has 1 N–H and O–H groups in total. The van der Waals surface area contributed by atoms with Crippen LogP contribution in [0.25, 0.3) is 0 Å². The van der Waals surface area contributed by atoms with E-state index in [9.17, 15) is 4.79 Å². The Morgan fingerprint density at radius 3 is 3.10 bits per heavy atom. The zero-order valence-electron chi connectivity index (χ0n) is 11.8. The highest BCUT2D eigenvalue weighted by Crippen LogP contribution is 2.51. The molecule has 3 rings (SSSR count). The molecule has 0 unspecified atom stereocenters. The summed E-state index contributed by atoms with van der Waals surface area (Å²) in [5.41, 5.74) is 0.817. The van der Waals surface area contributed by atoms with E-state index in [1.165, 1.54) is 19.3 Å². The molecule has 106 valence electrons. The van der Waals surface area contributed by atoms with Crippen LogP contribution in [-0.4, -0.2) is 13.0 Å². The van der Waals surface area contributed by atoms with Crippen LogP contribution in [0.2, 0.25) is 0 Å². The highest BCUT2D eigenvalue weighted by molar-refractivity contribution is 5.95. The van der Waals surface area contributed by atoms with Crippen molar-refractivity contribution in [3.05, 3.63) is 36.4 Å². The van der Waals surface area contributed by atoms with E-state index in [0.717, 1.165) is 17.9 Å². The minimum absolute atomic E-state index is 0.153. The highest BCUT2D eigenvalue weighted by Gasteiger charge is 2.52. The molecule has 0 aromatic heterocycles. The Hall–Kier alpha value is -1.77. The molecule has 1 aromatic rings. The number of fused-ring (bicyclic) bond motifs is 1. The van der Waals surface area contributed by atoms with E-state index in [1.54, 1.807) is 7.11 Å². The van der Waals surface area contributed by atoms with Crippen molar-refractivity contribution in [3.63, 3.8) is 0 Å². The minimum Gasteiger partial charge on any atom is -0.497 e. The molecule has 0 bridgehead atoms. The van der Waals surface area contributed by atoms with E-state index in [-0.39, 0.29) is 11.8 Å². The number of ether oxygens (including phenoxy) is 1. The van der Waals surface area contributed by atoms with Gasteiger partial charge < -0.3 is 10.1 Å². The molecular formula is C17H21NO2. The molecule has 0 aliphatic heterocycles. The Labute approximate surface area is 120 Å². The molecule has 2 aliphatic rings. The van der Waals surface area contributed by atoms with Crippen LogP contribution in [0, 0.1) is 17.8 Å². The van der Waals surface area contributed by atoms with E-state index < -0.39 is 0 Å². The van der Waals surface area contributed by atoms with Crippen molar-refractivity contribution in [2.75, 3.05) is 12.4 Å². The molecule has 0 radical (unpaired) electrons. The Balaban J connectivity index is 1.65. The van der Waals surface area contributed by atoms with Crippen LogP contribution >= 0.6 is 0 Å². The molecule has 1 fully saturated rings. The van der Waals surface area contributed by atoms with E-state index in [2.05, 4.69) is 17.5 Å². The van der Waals surface area contributed by atoms with Crippen molar-refractivity contribution in [1.29, 1.82) is 0 Å². The number of carbonyl (C=O) groups is 1. The van der Waals surface area contributed by atoms with Gasteiger partial charge in [0, 0.05) is 17.7 Å². The van der Waals surface area contributed by atoms with Gasteiger partial charge in [0.2, 0.25) is 5.91 Å². The summed E-state index contributed by atoms with van der Waals surface area (Å²) in [5.74, 6) is 2.10. The van der Waals surface area contributed by atoms with Crippen molar-refractivity contribution in [1.82, 2.24) is 0 Å². The summed E-state index contributed by atoms with van der Waals surface area (Å²) in [5, 5.41) is 3.02. The Morgan fingerprint density at radius 1 is 1.35 bits per heavy atom. The average molecular weight is 271 g/mol. The number of nitrogens with one attached hydrogen (secondary N) is 1. The number of allylic oxidation sites excluding steroid dienone is 2. The first-order chi connectivity index (χ1) is 9.79. The molecule has 2 aliphatic carbocycles. The maximum absolute atomic E-state index is 12.4. The van der Waals surface area contributed by atoms with Crippen molar-refractivity contribution < 1.29 is 9.53 Å². The minimum atomic E-state index is 0.153. The number of benzene rings is 1. The maximum Gasteiger partial charge on any atom is 0.228 e. The van der Waals surface area contributed by atoms with Crippen molar-refractivity contribution in [3.8, 4) is 5.75 Å². The van der Waals surface area contributed by atoms with Gasteiger partial charge in [-0.15, -0.1) is 0 Å². The summed E-state index contributed by atoms with van der Waals surface area (Å²) in [7, 11) is 1.63. The molecule has 3 atom stereocenters. The normalized spacial score (nSPS) is 29.6. The molecular weight excluding hydrogens is 250 g/mol. The number of amides is 1. The van der Waals surface area contributed by atoms with E-state index in [4.69, 9.17) is 4.74 Å². The molecule has 3 heteroatoms. The molecule has 1 amide bonds. The molecule has 1 saturated carbocycles. The molecule has 20 heavy (non-hydrogen) atoms. The van der Waals surface area contributed by atoms with Gasteiger partial charge >= 0.3 is 0 Å². The lowest BCUT2D eigenvalue weighted by atomic mass is 10.1. The SMILES string of the molecule is COc1cccc(NC(=O)[C@H]2[C@H]3/C=C\CCCC[C@H]32)c1. The summed E-state index contributed by atoms with van der Waals surface area (Å²) in [6, 6.07) is 7.53. The third-order valence-corrected chi connectivity index (χ3v) is 4.39. The second-order valence-corrected chi connectivity index (χ2v) is 5.70. The van der Waals surface area contributed by atoms with Crippen LogP contribution in [0.3, 0.4) is 0 Å². The van der Waals surface area contributed by atoms with Gasteiger partial charge in [-0.25, -0.2) is 0 Å². The second-order valence-electron chi connectivity index (χ2n) is 5.70. The lowest BCUT2D eigenvalue weighted by molar-refractivity contribution is -0.117. The smallest absolute Gasteiger partial charge is 0.228 e. The number of hydrogen-bond acceptors (Lipinski definition) is 2. The molecule has 0 heterocycles. The van der Waals surface area contributed by atoms with Gasteiger partial charge in [0.15, 0.2) is 0 Å². The number of rotatable bonds is 3. The monoisotopic (exact) mass is 271 g/mol. The lowest BCUT2D eigenvalue weighted by Crippen LogP contribution is -2.15. The number of hydrogen-bond donors (Lipinski definition) is 1. The lowest BCUT2D eigenvalue weighted by Gasteiger charge is -2.06. The van der Waals surface area contributed by atoms with Crippen LogP contribution in [0.1, 0.15) is 25.7 Å². The summed E-state index contributed by atoms with van der Waals surface area (Å²) < 4.78 is 5.18. The van der Waals surface area contributed by atoms with Crippen molar-refractivity contribution >= 4 is 11.6 Å². The van der Waals surface area contributed by atoms with Crippen LogP contribution in [0.5, 0.6) is 5.75 Å². The van der Waals surface area contributed by atoms with Crippen LogP contribution in [0.4, 0.5) is 5.69 Å². The number of methoxy groups -OCH3 is 1. The molecule has 3 nitrogen and oxygen atoms in total. The maximum atomic E-state index is 12.4. The standard InChI is InChI=1S/C17H21NO2/c1-20-13-8-6-7-12(11-13)18-17(19)16-14-9-4-2-3-5-10-15(14)16/h4,6-9,11,14-16H,2-3,5,10H2,1H3,(H,18,19)/b9-4-/t14-,15+,16-/m0/s1. The quantitative estimate of drug-likeness (QED) is 0.853. The molecule has 1 aromatic carbocycles. The van der Waals surface area contributed by atoms with Gasteiger partial charge in [-0.3, -0.25) is 4.79 Å². The van der Waals surface area contributed by atoms with E-state index in [1.807, 2.05) is 24.3 Å². The van der Waals surface area contributed by atoms with E-state index in [0.29, 0.717) is 11.8 Å². The summed E-state index contributed by atoms with van der Waals surface area (Å²) in [6.07, 6.45) is 9.34. The Bertz CT molecular complexity index is 523. The first-order valence-corrected chi connectivity index (χ1v) is 7.41. The van der Waals surface area contributed by atoms with Gasteiger partial charge in [0.05, 0.1) is 7.11 Å². The zero-order chi connectivity index (χ0) is 13.9.